The molecule has 4 nitrogen and oxygen atoms in total. The highest BCUT2D eigenvalue weighted by Gasteiger charge is 2.20. The summed E-state index contributed by atoms with van der Waals surface area (Å²) in [5, 5.41) is 8.48. The molecular formula is C13H23N3O. The Hall–Kier alpha value is -1.08. The maximum Gasteiger partial charge on any atom is 0.236 e. The Labute approximate surface area is 104 Å². The van der Waals surface area contributed by atoms with Crippen molar-refractivity contribution in [3.63, 3.8) is 0 Å². The molecule has 1 fully saturated rings. The van der Waals surface area contributed by atoms with Crippen molar-refractivity contribution in [2.45, 2.75) is 32.6 Å². The van der Waals surface area contributed by atoms with E-state index >= 15 is 0 Å². The third-order valence-electron chi connectivity index (χ3n) is 3.63. The summed E-state index contributed by atoms with van der Waals surface area (Å²) in [7, 11) is 1.78. The van der Waals surface area contributed by atoms with Gasteiger partial charge in [-0.15, -0.1) is 0 Å². The molecule has 1 saturated heterocycles. The van der Waals surface area contributed by atoms with E-state index in [1.54, 1.807) is 11.9 Å². The second-order valence-electron chi connectivity index (χ2n) is 4.85. The van der Waals surface area contributed by atoms with Crippen LogP contribution in [-0.2, 0) is 4.79 Å². The fourth-order valence-corrected chi connectivity index (χ4v) is 2.21. The molecule has 96 valence electrons. The van der Waals surface area contributed by atoms with Gasteiger partial charge in [-0.1, -0.05) is 13.3 Å². The molecule has 17 heavy (non-hydrogen) atoms. The van der Waals surface area contributed by atoms with Crippen LogP contribution in [0.1, 0.15) is 32.6 Å². The highest BCUT2D eigenvalue weighted by atomic mass is 16.2. The van der Waals surface area contributed by atoms with Crippen LogP contribution in [-0.4, -0.2) is 48.9 Å². The first kappa shape index (κ1) is 14.0. The molecular weight excluding hydrogens is 214 g/mol. The van der Waals surface area contributed by atoms with E-state index in [0.717, 1.165) is 19.0 Å². The Morgan fingerprint density at radius 1 is 1.47 bits per heavy atom. The van der Waals surface area contributed by atoms with Gasteiger partial charge in [-0.3, -0.25) is 9.69 Å². The molecule has 1 heterocycles. The number of amides is 1. The Balaban J connectivity index is 2.25. The summed E-state index contributed by atoms with van der Waals surface area (Å²) in [4.78, 5) is 15.7. The molecule has 0 bridgehead atoms. The van der Waals surface area contributed by atoms with Crippen molar-refractivity contribution >= 4 is 5.91 Å². The highest BCUT2D eigenvalue weighted by Crippen LogP contribution is 2.19. The molecule has 0 aromatic heterocycles. The molecule has 1 aliphatic rings. The van der Waals surface area contributed by atoms with Gasteiger partial charge >= 0.3 is 0 Å². The first-order valence-electron chi connectivity index (χ1n) is 6.50. The fraction of sp³-hybridized carbons (Fsp3) is 0.846. The maximum atomic E-state index is 11.8. The van der Waals surface area contributed by atoms with Gasteiger partial charge in [0, 0.05) is 13.6 Å². The van der Waals surface area contributed by atoms with Crippen molar-refractivity contribution in [2.75, 3.05) is 33.2 Å². The van der Waals surface area contributed by atoms with Crippen molar-refractivity contribution in [1.82, 2.24) is 9.80 Å². The minimum absolute atomic E-state index is 0.134. The third-order valence-corrected chi connectivity index (χ3v) is 3.63. The molecule has 0 aromatic rings. The zero-order valence-corrected chi connectivity index (χ0v) is 11.0. The van der Waals surface area contributed by atoms with Crippen LogP contribution in [0.2, 0.25) is 0 Å². The SMILES string of the molecule is CCC1CCN(CC(=O)N(C)CCC#N)CC1. The van der Waals surface area contributed by atoms with Crippen molar-refractivity contribution in [3.8, 4) is 6.07 Å². The first-order chi connectivity index (χ1) is 8.17. The predicted molar refractivity (Wildman–Crippen MR) is 67.3 cm³/mol. The summed E-state index contributed by atoms with van der Waals surface area (Å²) >= 11 is 0. The Morgan fingerprint density at radius 3 is 2.65 bits per heavy atom. The number of likely N-dealkylation sites (N-methyl/N-ethyl adjacent to an activating group) is 1. The van der Waals surface area contributed by atoms with E-state index in [-0.39, 0.29) is 5.91 Å². The number of rotatable bonds is 5. The summed E-state index contributed by atoms with van der Waals surface area (Å²) in [6.07, 6.45) is 4.10. The van der Waals surface area contributed by atoms with Crippen LogP contribution in [0.5, 0.6) is 0 Å². The first-order valence-corrected chi connectivity index (χ1v) is 6.50. The topological polar surface area (TPSA) is 47.3 Å². The minimum atomic E-state index is 0.134. The molecule has 0 N–H and O–H groups in total. The Bertz CT molecular complexity index is 277. The molecule has 1 aliphatic heterocycles. The quantitative estimate of drug-likeness (QED) is 0.727. The van der Waals surface area contributed by atoms with Crippen molar-refractivity contribution in [3.05, 3.63) is 0 Å². The number of hydrogen-bond acceptors (Lipinski definition) is 3. The molecule has 0 radical (unpaired) electrons. The molecule has 0 saturated carbocycles. The van der Waals surface area contributed by atoms with Gasteiger partial charge in [0.1, 0.15) is 0 Å². The molecule has 1 amide bonds. The second kappa shape index (κ2) is 7.29. The average Bonchev–Trinajstić information content (AvgIpc) is 2.36. The van der Waals surface area contributed by atoms with Crippen LogP contribution in [0, 0.1) is 17.2 Å². The van der Waals surface area contributed by atoms with Gasteiger partial charge in [0.05, 0.1) is 19.0 Å². The van der Waals surface area contributed by atoms with E-state index in [4.69, 9.17) is 5.26 Å². The molecule has 0 atom stereocenters. The number of piperidine rings is 1. The number of likely N-dealkylation sites (tertiary alicyclic amines) is 1. The maximum absolute atomic E-state index is 11.8. The summed E-state index contributed by atoms with van der Waals surface area (Å²) < 4.78 is 0. The number of hydrogen-bond donors (Lipinski definition) is 0. The molecule has 0 aromatic carbocycles. The van der Waals surface area contributed by atoms with Gasteiger partial charge in [0.25, 0.3) is 0 Å². The van der Waals surface area contributed by atoms with Crippen LogP contribution >= 0.6 is 0 Å². The van der Waals surface area contributed by atoms with E-state index in [1.165, 1.54) is 19.3 Å². The van der Waals surface area contributed by atoms with Gasteiger partial charge in [0.2, 0.25) is 5.91 Å². The molecule has 0 unspecified atom stereocenters. The molecule has 0 spiro atoms. The lowest BCUT2D eigenvalue weighted by atomic mass is 9.94. The predicted octanol–water partition coefficient (Wildman–Crippen LogP) is 1.48. The molecule has 0 aliphatic carbocycles. The summed E-state index contributed by atoms with van der Waals surface area (Å²) in [5.74, 6) is 0.980. The van der Waals surface area contributed by atoms with Gasteiger partial charge in [0.15, 0.2) is 0 Å². The molecule has 4 heteroatoms. The Kier molecular flexibility index (Phi) is 5.99. The van der Waals surface area contributed by atoms with Crippen LogP contribution < -0.4 is 0 Å². The fourth-order valence-electron chi connectivity index (χ4n) is 2.21. The lowest BCUT2D eigenvalue weighted by molar-refractivity contribution is -0.131. The third kappa shape index (κ3) is 4.74. The summed E-state index contributed by atoms with van der Waals surface area (Å²) in [6.45, 7) is 5.37. The van der Waals surface area contributed by atoms with Gasteiger partial charge in [-0.25, -0.2) is 0 Å². The van der Waals surface area contributed by atoms with Gasteiger partial charge < -0.3 is 4.90 Å². The van der Waals surface area contributed by atoms with E-state index in [1.807, 2.05) is 0 Å². The van der Waals surface area contributed by atoms with E-state index < -0.39 is 0 Å². The largest absolute Gasteiger partial charge is 0.344 e. The summed E-state index contributed by atoms with van der Waals surface area (Å²) in [5.41, 5.74) is 0. The number of nitrogens with zero attached hydrogens (tertiary/aromatic N) is 3. The van der Waals surface area contributed by atoms with E-state index in [0.29, 0.717) is 19.5 Å². The van der Waals surface area contributed by atoms with Crippen LogP contribution in [0.25, 0.3) is 0 Å². The average molecular weight is 237 g/mol. The lowest BCUT2D eigenvalue weighted by Gasteiger charge is -2.31. The van der Waals surface area contributed by atoms with Crippen LogP contribution in [0.15, 0.2) is 0 Å². The lowest BCUT2D eigenvalue weighted by Crippen LogP contribution is -2.42. The van der Waals surface area contributed by atoms with Crippen molar-refractivity contribution in [1.29, 1.82) is 5.26 Å². The zero-order valence-electron chi connectivity index (χ0n) is 11.0. The van der Waals surface area contributed by atoms with E-state index in [9.17, 15) is 4.79 Å². The number of nitriles is 1. The monoisotopic (exact) mass is 237 g/mol. The van der Waals surface area contributed by atoms with Gasteiger partial charge in [-0.05, 0) is 31.8 Å². The Morgan fingerprint density at radius 2 is 2.12 bits per heavy atom. The molecule has 1 rings (SSSR count). The highest BCUT2D eigenvalue weighted by molar-refractivity contribution is 5.78. The van der Waals surface area contributed by atoms with Gasteiger partial charge in [-0.2, -0.15) is 5.26 Å². The normalized spacial score (nSPS) is 17.7. The number of carbonyl (C=O) groups excluding carboxylic acids is 1. The van der Waals surface area contributed by atoms with Crippen molar-refractivity contribution in [2.24, 2.45) is 5.92 Å². The second-order valence-corrected chi connectivity index (χ2v) is 4.85. The minimum Gasteiger partial charge on any atom is -0.344 e. The van der Waals surface area contributed by atoms with E-state index in [2.05, 4.69) is 17.9 Å². The van der Waals surface area contributed by atoms with Crippen molar-refractivity contribution < 1.29 is 4.79 Å². The summed E-state index contributed by atoms with van der Waals surface area (Å²) in [6, 6.07) is 2.06. The van der Waals surface area contributed by atoms with Crippen LogP contribution in [0.3, 0.4) is 0 Å². The zero-order chi connectivity index (χ0) is 12.7. The standard InChI is InChI=1S/C13H23N3O/c1-3-12-5-9-16(10-6-12)11-13(17)15(2)8-4-7-14/h12H,3-6,8-11H2,1-2H3. The smallest absolute Gasteiger partial charge is 0.236 e. The number of carbonyl (C=O) groups is 1. The van der Waals surface area contributed by atoms with Crippen LogP contribution in [0.4, 0.5) is 0 Å².